The van der Waals surface area contributed by atoms with Gasteiger partial charge in [-0.3, -0.25) is 15.0 Å². The summed E-state index contributed by atoms with van der Waals surface area (Å²) in [7, 11) is -3.72. The van der Waals surface area contributed by atoms with Gasteiger partial charge in [-0.25, -0.2) is 13.5 Å². The highest BCUT2D eigenvalue weighted by molar-refractivity contribution is 7.91. The number of pyridine rings is 1. The van der Waals surface area contributed by atoms with Crippen LogP contribution in [0.5, 0.6) is 0 Å². The SMILES string of the molecule is CCCCC(N(O)C=O)S(=O)(=O)Cc1cnc2ccccc2c1. The molecule has 0 aliphatic rings. The molecule has 0 spiro atoms. The van der Waals surface area contributed by atoms with Gasteiger partial charge < -0.3 is 0 Å². The summed E-state index contributed by atoms with van der Waals surface area (Å²) in [6, 6.07) is 9.18. The van der Waals surface area contributed by atoms with Gasteiger partial charge in [0.1, 0.15) is 0 Å². The first-order chi connectivity index (χ1) is 11.0. The number of carbonyl (C=O) groups is 1. The van der Waals surface area contributed by atoms with Crippen molar-refractivity contribution in [3.8, 4) is 0 Å². The summed E-state index contributed by atoms with van der Waals surface area (Å²) in [6.07, 6.45) is 3.23. The standard InChI is InChI=1S/C16H20N2O4S/c1-2-3-8-16(18(20)12-19)23(21,22)11-13-9-14-6-4-5-7-15(14)17-10-13/h4-7,9-10,12,16,20H,2-3,8,11H2,1H3. The molecule has 0 aliphatic heterocycles. The smallest absolute Gasteiger partial charge is 0.234 e. The lowest BCUT2D eigenvalue weighted by Crippen LogP contribution is -2.38. The highest BCUT2D eigenvalue weighted by Gasteiger charge is 2.30. The zero-order valence-corrected chi connectivity index (χ0v) is 13.7. The second-order valence-corrected chi connectivity index (χ2v) is 7.58. The van der Waals surface area contributed by atoms with E-state index in [1.165, 1.54) is 6.20 Å². The Bertz CT molecular complexity index is 776. The number of nitrogens with zero attached hydrogens (tertiary/aromatic N) is 2. The fraction of sp³-hybridized carbons (Fsp3) is 0.375. The zero-order valence-electron chi connectivity index (χ0n) is 12.9. The number of carbonyl (C=O) groups excluding carboxylic acids is 1. The quantitative estimate of drug-likeness (QED) is 0.455. The van der Waals surface area contributed by atoms with E-state index in [2.05, 4.69) is 4.98 Å². The summed E-state index contributed by atoms with van der Waals surface area (Å²) in [6.45, 7) is 1.92. The third-order valence-corrected chi connectivity index (χ3v) is 5.65. The number of amides is 1. The van der Waals surface area contributed by atoms with Crippen LogP contribution in [-0.2, 0) is 20.4 Å². The number of hydrogen-bond acceptors (Lipinski definition) is 5. The molecule has 2 aromatic rings. The number of unbranched alkanes of at least 4 members (excludes halogenated alkanes) is 1. The summed E-state index contributed by atoms with van der Waals surface area (Å²) in [4.78, 5) is 15.0. The van der Waals surface area contributed by atoms with Crippen molar-refractivity contribution in [2.75, 3.05) is 0 Å². The topological polar surface area (TPSA) is 87.6 Å². The van der Waals surface area contributed by atoms with E-state index in [9.17, 15) is 18.4 Å². The van der Waals surface area contributed by atoms with Crippen molar-refractivity contribution in [1.82, 2.24) is 10.0 Å². The van der Waals surface area contributed by atoms with E-state index in [0.29, 0.717) is 12.0 Å². The van der Waals surface area contributed by atoms with Crippen LogP contribution in [-0.4, -0.2) is 35.5 Å². The lowest BCUT2D eigenvalue weighted by atomic mass is 10.2. The maximum Gasteiger partial charge on any atom is 0.234 e. The van der Waals surface area contributed by atoms with Gasteiger partial charge in [-0.2, -0.15) is 0 Å². The molecular formula is C16H20N2O4S. The number of hydroxylamine groups is 2. The zero-order chi connectivity index (χ0) is 16.9. The molecule has 124 valence electrons. The molecule has 0 aliphatic carbocycles. The molecule has 1 aromatic heterocycles. The maximum absolute atomic E-state index is 12.6. The minimum absolute atomic E-state index is 0.135. The van der Waals surface area contributed by atoms with E-state index in [1.807, 2.05) is 31.2 Å². The summed E-state index contributed by atoms with van der Waals surface area (Å²) in [5.41, 5.74) is 1.32. The number of hydrogen-bond donors (Lipinski definition) is 1. The molecular weight excluding hydrogens is 316 g/mol. The molecule has 0 bridgehead atoms. The molecule has 1 aromatic carbocycles. The lowest BCUT2D eigenvalue weighted by Gasteiger charge is -2.22. The second kappa shape index (κ2) is 7.52. The van der Waals surface area contributed by atoms with Crippen molar-refractivity contribution in [1.29, 1.82) is 0 Å². The van der Waals surface area contributed by atoms with Crippen molar-refractivity contribution >= 4 is 27.2 Å². The molecule has 23 heavy (non-hydrogen) atoms. The fourth-order valence-electron chi connectivity index (χ4n) is 2.45. The van der Waals surface area contributed by atoms with Gasteiger partial charge in [0, 0.05) is 11.6 Å². The summed E-state index contributed by atoms with van der Waals surface area (Å²) in [5.74, 6) is -0.274. The average molecular weight is 336 g/mol. The maximum atomic E-state index is 12.6. The molecule has 0 radical (unpaired) electrons. The van der Waals surface area contributed by atoms with Crippen LogP contribution in [0.25, 0.3) is 10.9 Å². The Morgan fingerprint density at radius 1 is 1.35 bits per heavy atom. The highest BCUT2D eigenvalue weighted by Crippen LogP contribution is 2.20. The summed E-state index contributed by atoms with van der Waals surface area (Å²) in [5, 5.41) is 9.47. The van der Waals surface area contributed by atoms with Gasteiger partial charge >= 0.3 is 0 Å². The Morgan fingerprint density at radius 3 is 2.78 bits per heavy atom. The van der Waals surface area contributed by atoms with Crippen molar-refractivity contribution < 1.29 is 18.4 Å². The lowest BCUT2D eigenvalue weighted by molar-refractivity contribution is -0.153. The predicted octanol–water partition coefficient (Wildman–Crippen LogP) is 2.51. The normalized spacial score (nSPS) is 13.0. The number of sulfone groups is 1. The molecule has 1 N–H and O–H groups in total. The number of benzene rings is 1. The fourth-order valence-corrected chi connectivity index (χ4v) is 4.17. The van der Waals surface area contributed by atoms with Crippen LogP contribution in [0.3, 0.4) is 0 Å². The molecule has 1 heterocycles. The van der Waals surface area contributed by atoms with Gasteiger partial charge in [-0.05, 0) is 24.1 Å². The second-order valence-electron chi connectivity index (χ2n) is 5.43. The number of para-hydroxylation sites is 1. The van der Waals surface area contributed by atoms with Crippen LogP contribution in [0.15, 0.2) is 36.5 Å². The van der Waals surface area contributed by atoms with Gasteiger partial charge in [0.05, 0.1) is 11.3 Å². The van der Waals surface area contributed by atoms with Crippen LogP contribution in [0, 0.1) is 0 Å². The first-order valence-corrected chi connectivity index (χ1v) is 9.17. The molecule has 7 heteroatoms. The van der Waals surface area contributed by atoms with E-state index in [0.717, 1.165) is 17.3 Å². The number of aromatic nitrogens is 1. The van der Waals surface area contributed by atoms with Crippen molar-refractivity contribution in [2.45, 2.75) is 37.3 Å². The van der Waals surface area contributed by atoms with Crippen LogP contribution < -0.4 is 0 Å². The third kappa shape index (κ3) is 4.27. The molecule has 0 saturated heterocycles. The molecule has 0 fully saturated rings. The van der Waals surface area contributed by atoms with Gasteiger partial charge in [-0.1, -0.05) is 38.0 Å². The molecule has 1 amide bonds. The van der Waals surface area contributed by atoms with Gasteiger partial charge in [0.15, 0.2) is 15.2 Å². The summed E-state index contributed by atoms with van der Waals surface area (Å²) < 4.78 is 25.1. The number of rotatable bonds is 8. The van der Waals surface area contributed by atoms with Gasteiger partial charge in [-0.15, -0.1) is 0 Å². The first-order valence-electron chi connectivity index (χ1n) is 7.45. The van der Waals surface area contributed by atoms with E-state index in [-0.39, 0.29) is 23.6 Å². The third-order valence-electron chi connectivity index (χ3n) is 3.64. The number of fused-ring (bicyclic) bond motifs is 1. The van der Waals surface area contributed by atoms with Crippen LogP contribution in [0.4, 0.5) is 0 Å². The Kier molecular flexibility index (Phi) is 5.68. The van der Waals surface area contributed by atoms with Gasteiger partial charge in [0.25, 0.3) is 0 Å². The molecule has 1 unspecified atom stereocenters. The van der Waals surface area contributed by atoms with Crippen LogP contribution in [0.2, 0.25) is 0 Å². The molecule has 2 rings (SSSR count). The van der Waals surface area contributed by atoms with Crippen molar-refractivity contribution in [2.24, 2.45) is 0 Å². The molecule has 6 nitrogen and oxygen atoms in total. The summed E-state index contributed by atoms with van der Waals surface area (Å²) >= 11 is 0. The Labute approximate surface area is 135 Å². The highest BCUT2D eigenvalue weighted by atomic mass is 32.2. The predicted molar refractivity (Wildman–Crippen MR) is 87.4 cm³/mol. The van der Waals surface area contributed by atoms with Crippen molar-refractivity contribution in [3.05, 3.63) is 42.1 Å². The van der Waals surface area contributed by atoms with Crippen LogP contribution in [0.1, 0.15) is 31.7 Å². The Balaban J connectivity index is 2.27. The van der Waals surface area contributed by atoms with Gasteiger partial charge in [0.2, 0.25) is 6.41 Å². The van der Waals surface area contributed by atoms with Crippen molar-refractivity contribution in [3.63, 3.8) is 0 Å². The van der Waals surface area contributed by atoms with E-state index in [1.54, 1.807) is 6.07 Å². The van der Waals surface area contributed by atoms with E-state index in [4.69, 9.17) is 0 Å². The first kappa shape index (κ1) is 17.4. The Morgan fingerprint density at radius 2 is 2.09 bits per heavy atom. The molecule has 0 saturated carbocycles. The Hall–Kier alpha value is -1.99. The largest absolute Gasteiger partial charge is 0.285 e. The van der Waals surface area contributed by atoms with E-state index >= 15 is 0 Å². The van der Waals surface area contributed by atoms with E-state index < -0.39 is 15.2 Å². The minimum atomic E-state index is -3.72. The monoisotopic (exact) mass is 336 g/mol. The molecule has 1 atom stereocenters. The average Bonchev–Trinajstić information content (AvgIpc) is 2.54. The van der Waals surface area contributed by atoms with Crippen LogP contribution >= 0.6 is 0 Å². The minimum Gasteiger partial charge on any atom is -0.285 e.